The number of hydrogen-bond donors (Lipinski definition) is 1. The van der Waals surface area contributed by atoms with Gasteiger partial charge in [0.2, 0.25) is 0 Å². The zero-order valence-electron chi connectivity index (χ0n) is 12.7. The van der Waals surface area contributed by atoms with E-state index in [0.29, 0.717) is 0 Å². The summed E-state index contributed by atoms with van der Waals surface area (Å²) in [6, 6.07) is 0. The quantitative estimate of drug-likeness (QED) is 0.785. The largest absolute Gasteiger partial charge is 0.379 e. The third-order valence-corrected chi connectivity index (χ3v) is 4.39. The Morgan fingerprint density at radius 3 is 2.74 bits per heavy atom. The van der Waals surface area contributed by atoms with Crippen molar-refractivity contribution < 1.29 is 4.74 Å². The Bertz CT molecular complexity index is 242. The maximum Gasteiger partial charge on any atom is 0.0594 e. The second-order valence-electron chi connectivity index (χ2n) is 6.35. The van der Waals surface area contributed by atoms with Gasteiger partial charge in [-0.15, -0.1) is 0 Å². The van der Waals surface area contributed by atoms with Crippen LogP contribution in [0.2, 0.25) is 0 Å². The van der Waals surface area contributed by atoms with Gasteiger partial charge in [0.25, 0.3) is 0 Å². The molecule has 2 aliphatic heterocycles. The lowest BCUT2D eigenvalue weighted by atomic mass is 9.89. The molecule has 2 unspecified atom stereocenters. The molecule has 2 saturated heterocycles. The van der Waals surface area contributed by atoms with Gasteiger partial charge in [-0.05, 0) is 44.7 Å². The molecule has 0 spiro atoms. The molecular formula is C15H31N3O. The molecule has 0 aliphatic carbocycles. The van der Waals surface area contributed by atoms with Crippen LogP contribution in [0.1, 0.15) is 26.2 Å². The van der Waals surface area contributed by atoms with Gasteiger partial charge in [-0.2, -0.15) is 0 Å². The van der Waals surface area contributed by atoms with E-state index in [0.717, 1.165) is 44.8 Å². The molecule has 4 heteroatoms. The summed E-state index contributed by atoms with van der Waals surface area (Å²) in [6.07, 6.45) is 4.18. The molecular weight excluding hydrogens is 238 g/mol. The molecule has 0 aromatic carbocycles. The summed E-state index contributed by atoms with van der Waals surface area (Å²) in [5.41, 5.74) is 0. The van der Waals surface area contributed by atoms with Gasteiger partial charge >= 0.3 is 0 Å². The lowest BCUT2D eigenvalue weighted by Crippen LogP contribution is -2.42. The Hall–Kier alpha value is -0.160. The van der Waals surface area contributed by atoms with Crippen LogP contribution in [0.3, 0.4) is 0 Å². The first kappa shape index (κ1) is 15.2. The average Bonchev–Trinajstić information content (AvgIpc) is 2.40. The number of likely N-dealkylation sites (tertiary alicyclic amines) is 1. The van der Waals surface area contributed by atoms with E-state index >= 15 is 0 Å². The highest BCUT2D eigenvalue weighted by Crippen LogP contribution is 2.23. The molecule has 2 atom stereocenters. The summed E-state index contributed by atoms with van der Waals surface area (Å²) in [6.45, 7) is 11.4. The number of piperidine rings is 1. The van der Waals surface area contributed by atoms with Crippen LogP contribution < -0.4 is 5.32 Å². The number of nitrogens with one attached hydrogen (secondary N) is 1. The Balaban J connectivity index is 1.67. The van der Waals surface area contributed by atoms with Crippen LogP contribution in [-0.4, -0.2) is 69.5 Å². The Labute approximate surface area is 118 Å². The van der Waals surface area contributed by atoms with Crippen molar-refractivity contribution >= 4 is 0 Å². The smallest absolute Gasteiger partial charge is 0.0594 e. The fourth-order valence-electron chi connectivity index (χ4n) is 3.58. The summed E-state index contributed by atoms with van der Waals surface area (Å²) < 4.78 is 5.42. The highest BCUT2D eigenvalue weighted by molar-refractivity contribution is 4.75. The van der Waals surface area contributed by atoms with Crippen LogP contribution in [0.15, 0.2) is 0 Å². The molecule has 0 amide bonds. The number of nitrogens with zero attached hydrogens (tertiary/aromatic N) is 2. The van der Waals surface area contributed by atoms with Gasteiger partial charge in [-0.1, -0.05) is 6.92 Å². The normalized spacial score (nSPS) is 28.4. The minimum atomic E-state index is 0.817. The number of morpholine rings is 1. The molecule has 0 bridgehead atoms. The summed E-state index contributed by atoms with van der Waals surface area (Å²) in [4.78, 5) is 5.14. The molecule has 19 heavy (non-hydrogen) atoms. The van der Waals surface area contributed by atoms with Gasteiger partial charge in [0.15, 0.2) is 0 Å². The van der Waals surface area contributed by atoms with E-state index in [4.69, 9.17) is 4.74 Å². The second kappa shape index (κ2) is 8.20. The van der Waals surface area contributed by atoms with Crippen molar-refractivity contribution in [2.24, 2.45) is 11.8 Å². The van der Waals surface area contributed by atoms with E-state index in [1.807, 2.05) is 7.05 Å². The van der Waals surface area contributed by atoms with Crippen molar-refractivity contribution in [1.29, 1.82) is 0 Å². The van der Waals surface area contributed by atoms with Crippen molar-refractivity contribution in [2.75, 3.05) is 59.7 Å². The van der Waals surface area contributed by atoms with Gasteiger partial charge in [0.05, 0.1) is 13.2 Å². The number of rotatable bonds is 6. The second-order valence-corrected chi connectivity index (χ2v) is 6.35. The van der Waals surface area contributed by atoms with E-state index in [2.05, 4.69) is 22.0 Å². The van der Waals surface area contributed by atoms with Crippen LogP contribution in [-0.2, 0) is 4.74 Å². The standard InChI is InChI=1S/C15H31N3O/c1-14(11-17-6-8-19-9-7-17)10-15-4-3-5-18(12-15)13-16-2/h14-16H,3-13H2,1-2H3. The molecule has 2 rings (SSSR count). The van der Waals surface area contributed by atoms with Crippen molar-refractivity contribution in [3.8, 4) is 0 Å². The van der Waals surface area contributed by atoms with Crippen LogP contribution >= 0.6 is 0 Å². The molecule has 1 N–H and O–H groups in total. The van der Waals surface area contributed by atoms with E-state index in [9.17, 15) is 0 Å². The van der Waals surface area contributed by atoms with Crippen molar-refractivity contribution in [3.63, 3.8) is 0 Å². The average molecular weight is 269 g/mol. The first-order valence-corrected chi connectivity index (χ1v) is 7.95. The van der Waals surface area contributed by atoms with Gasteiger partial charge in [0.1, 0.15) is 0 Å². The molecule has 0 aromatic rings. The first-order chi connectivity index (χ1) is 9.28. The summed E-state index contributed by atoms with van der Waals surface area (Å²) in [7, 11) is 2.05. The Morgan fingerprint density at radius 1 is 1.21 bits per heavy atom. The topological polar surface area (TPSA) is 27.7 Å². The molecule has 2 fully saturated rings. The third-order valence-electron chi connectivity index (χ3n) is 4.39. The summed E-state index contributed by atoms with van der Waals surface area (Å²) in [5.74, 6) is 1.72. The number of ether oxygens (including phenoxy) is 1. The SMILES string of the molecule is CNCN1CCCC(CC(C)CN2CCOCC2)C1. The zero-order chi connectivity index (χ0) is 13.5. The molecule has 0 saturated carbocycles. The van der Waals surface area contributed by atoms with Crippen LogP contribution in [0.5, 0.6) is 0 Å². The Morgan fingerprint density at radius 2 is 2.00 bits per heavy atom. The van der Waals surface area contributed by atoms with Gasteiger partial charge in [-0.25, -0.2) is 0 Å². The highest BCUT2D eigenvalue weighted by Gasteiger charge is 2.22. The zero-order valence-corrected chi connectivity index (χ0v) is 12.7. The van der Waals surface area contributed by atoms with E-state index in [-0.39, 0.29) is 0 Å². The maximum atomic E-state index is 5.42. The van der Waals surface area contributed by atoms with Crippen LogP contribution in [0.25, 0.3) is 0 Å². The van der Waals surface area contributed by atoms with Gasteiger partial charge < -0.3 is 10.1 Å². The van der Waals surface area contributed by atoms with E-state index < -0.39 is 0 Å². The fraction of sp³-hybridized carbons (Fsp3) is 1.00. The minimum Gasteiger partial charge on any atom is -0.379 e. The van der Waals surface area contributed by atoms with Crippen molar-refractivity contribution in [2.45, 2.75) is 26.2 Å². The molecule has 112 valence electrons. The molecule has 0 radical (unpaired) electrons. The summed E-state index contributed by atoms with van der Waals surface area (Å²) in [5, 5.41) is 3.28. The highest BCUT2D eigenvalue weighted by atomic mass is 16.5. The maximum absolute atomic E-state index is 5.42. The fourth-order valence-corrected chi connectivity index (χ4v) is 3.58. The van der Waals surface area contributed by atoms with Crippen molar-refractivity contribution in [3.05, 3.63) is 0 Å². The van der Waals surface area contributed by atoms with Gasteiger partial charge in [-0.3, -0.25) is 9.80 Å². The monoisotopic (exact) mass is 269 g/mol. The van der Waals surface area contributed by atoms with Crippen LogP contribution in [0.4, 0.5) is 0 Å². The molecule has 4 nitrogen and oxygen atoms in total. The van der Waals surface area contributed by atoms with Crippen LogP contribution in [0, 0.1) is 11.8 Å². The molecule has 2 aliphatic rings. The van der Waals surface area contributed by atoms with Gasteiger partial charge in [0, 0.05) is 32.8 Å². The number of hydrogen-bond acceptors (Lipinski definition) is 4. The van der Waals surface area contributed by atoms with E-state index in [1.165, 1.54) is 38.9 Å². The van der Waals surface area contributed by atoms with Crippen molar-refractivity contribution in [1.82, 2.24) is 15.1 Å². The first-order valence-electron chi connectivity index (χ1n) is 7.95. The summed E-state index contributed by atoms with van der Waals surface area (Å²) >= 11 is 0. The predicted octanol–water partition coefficient (Wildman–Crippen LogP) is 1.23. The molecule has 2 heterocycles. The molecule has 0 aromatic heterocycles. The Kier molecular flexibility index (Phi) is 6.57. The van der Waals surface area contributed by atoms with E-state index in [1.54, 1.807) is 0 Å². The lowest BCUT2D eigenvalue weighted by Gasteiger charge is -2.35. The predicted molar refractivity (Wildman–Crippen MR) is 79.3 cm³/mol. The minimum absolute atomic E-state index is 0.817. The lowest BCUT2D eigenvalue weighted by molar-refractivity contribution is 0.0288. The third kappa shape index (κ3) is 5.38.